The minimum atomic E-state index is -0.815. The number of aliphatic hydroxyl groups excluding tert-OH is 1. The summed E-state index contributed by atoms with van der Waals surface area (Å²) in [4.78, 5) is 16.7. The van der Waals surface area contributed by atoms with Crippen LogP contribution in [0.4, 0.5) is 4.79 Å². The van der Waals surface area contributed by atoms with Crippen LogP contribution in [0.2, 0.25) is 0 Å². The molecule has 6 heteroatoms. The van der Waals surface area contributed by atoms with Crippen LogP contribution in [-0.4, -0.2) is 38.5 Å². The Kier molecular flexibility index (Phi) is 5.99. The van der Waals surface area contributed by atoms with E-state index >= 15 is 0 Å². The monoisotopic (exact) mass is 381 g/mol. The zero-order valence-corrected chi connectivity index (χ0v) is 16.5. The van der Waals surface area contributed by atoms with Crippen LogP contribution in [0.1, 0.15) is 26.3 Å². The summed E-state index contributed by atoms with van der Waals surface area (Å²) in [6.45, 7) is 5.75. The van der Waals surface area contributed by atoms with Gasteiger partial charge in [-0.2, -0.15) is 0 Å². The predicted molar refractivity (Wildman–Crippen MR) is 109 cm³/mol. The molecule has 2 aromatic carbocycles. The first-order valence-electron chi connectivity index (χ1n) is 9.43. The van der Waals surface area contributed by atoms with E-state index in [1.165, 1.54) is 0 Å². The molecule has 3 aromatic rings. The first kappa shape index (κ1) is 19.9. The van der Waals surface area contributed by atoms with Crippen molar-refractivity contribution in [3.63, 3.8) is 0 Å². The summed E-state index contributed by atoms with van der Waals surface area (Å²) in [5.41, 5.74) is 2.23. The van der Waals surface area contributed by atoms with E-state index in [1.54, 1.807) is 6.33 Å². The number of para-hydroxylation sites is 2. The summed E-state index contributed by atoms with van der Waals surface area (Å²) in [6.07, 6.45) is 0.850. The van der Waals surface area contributed by atoms with Crippen LogP contribution in [0.5, 0.6) is 0 Å². The van der Waals surface area contributed by atoms with E-state index in [-0.39, 0.29) is 0 Å². The van der Waals surface area contributed by atoms with Crippen LogP contribution in [0.3, 0.4) is 0 Å². The molecule has 6 nitrogen and oxygen atoms in total. The Morgan fingerprint density at radius 1 is 1.14 bits per heavy atom. The highest BCUT2D eigenvalue weighted by Crippen LogP contribution is 2.15. The largest absolute Gasteiger partial charge is 0.444 e. The second-order valence-electron chi connectivity index (χ2n) is 7.90. The minimum Gasteiger partial charge on any atom is -0.444 e. The van der Waals surface area contributed by atoms with E-state index in [4.69, 9.17) is 4.74 Å². The van der Waals surface area contributed by atoms with E-state index in [1.807, 2.05) is 79.9 Å². The van der Waals surface area contributed by atoms with E-state index in [0.29, 0.717) is 13.0 Å². The van der Waals surface area contributed by atoms with Gasteiger partial charge in [-0.05, 0) is 44.9 Å². The van der Waals surface area contributed by atoms with Gasteiger partial charge in [0, 0.05) is 0 Å². The van der Waals surface area contributed by atoms with Crippen molar-refractivity contribution >= 4 is 17.1 Å². The molecule has 2 atom stereocenters. The lowest BCUT2D eigenvalue weighted by Crippen LogP contribution is -2.48. The number of carbonyl (C=O) groups excluding carboxylic acids is 1. The number of fused-ring (bicyclic) bond motifs is 1. The van der Waals surface area contributed by atoms with Gasteiger partial charge in [-0.1, -0.05) is 42.5 Å². The lowest BCUT2D eigenvalue weighted by atomic mass is 10.0. The summed E-state index contributed by atoms with van der Waals surface area (Å²) in [5.74, 6) is 0. The zero-order chi connectivity index (χ0) is 20.1. The van der Waals surface area contributed by atoms with Crippen molar-refractivity contribution in [2.24, 2.45) is 0 Å². The van der Waals surface area contributed by atoms with Gasteiger partial charge in [-0.3, -0.25) is 0 Å². The fourth-order valence-electron chi connectivity index (χ4n) is 3.09. The number of hydrogen-bond donors (Lipinski definition) is 2. The van der Waals surface area contributed by atoms with Crippen molar-refractivity contribution in [1.29, 1.82) is 0 Å². The Morgan fingerprint density at radius 2 is 1.82 bits per heavy atom. The predicted octanol–water partition coefficient (Wildman–Crippen LogP) is 3.53. The molecular formula is C22H27N3O3. The first-order chi connectivity index (χ1) is 13.3. The molecule has 0 saturated carbocycles. The maximum atomic E-state index is 12.3. The van der Waals surface area contributed by atoms with E-state index < -0.39 is 23.8 Å². The van der Waals surface area contributed by atoms with Gasteiger partial charge in [-0.25, -0.2) is 9.78 Å². The van der Waals surface area contributed by atoms with Crippen molar-refractivity contribution < 1.29 is 14.6 Å². The SMILES string of the molecule is CC(C)(C)OC(=O)N[C@H](Cc1ccccc1)[C@H](O)Cn1cnc2ccccc21. The second kappa shape index (κ2) is 8.44. The molecule has 1 amide bonds. The van der Waals surface area contributed by atoms with Crippen LogP contribution in [-0.2, 0) is 17.7 Å². The lowest BCUT2D eigenvalue weighted by molar-refractivity contribution is 0.0405. The number of carbonyl (C=O) groups is 1. The van der Waals surface area contributed by atoms with Crippen molar-refractivity contribution in [2.45, 2.75) is 51.5 Å². The van der Waals surface area contributed by atoms with Crippen LogP contribution in [0.15, 0.2) is 60.9 Å². The number of amides is 1. The van der Waals surface area contributed by atoms with Gasteiger partial charge in [0.1, 0.15) is 5.60 Å². The molecule has 148 valence electrons. The third-order valence-electron chi connectivity index (χ3n) is 4.38. The molecule has 0 saturated heterocycles. The molecule has 2 N–H and O–H groups in total. The Hall–Kier alpha value is -2.86. The van der Waals surface area contributed by atoms with Gasteiger partial charge in [0.05, 0.1) is 36.1 Å². The van der Waals surface area contributed by atoms with Gasteiger partial charge >= 0.3 is 6.09 Å². The quantitative estimate of drug-likeness (QED) is 0.685. The number of aromatic nitrogens is 2. The van der Waals surface area contributed by atoms with Crippen LogP contribution in [0.25, 0.3) is 11.0 Å². The number of aliphatic hydroxyl groups is 1. The van der Waals surface area contributed by atoms with Crippen molar-refractivity contribution in [3.05, 3.63) is 66.5 Å². The standard InChI is InChI=1S/C22H27N3O3/c1-22(2,3)28-21(27)24-18(13-16-9-5-4-6-10-16)20(26)14-25-15-23-17-11-7-8-12-19(17)25/h4-12,15,18,20,26H,13-14H2,1-3H3,(H,24,27)/t18-,20-/m1/s1. The zero-order valence-electron chi connectivity index (χ0n) is 16.5. The number of hydrogen-bond acceptors (Lipinski definition) is 4. The molecule has 1 heterocycles. The highest BCUT2D eigenvalue weighted by molar-refractivity contribution is 5.75. The summed E-state index contributed by atoms with van der Waals surface area (Å²) < 4.78 is 7.28. The third kappa shape index (κ3) is 5.33. The third-order valence-corrected chi connectivity index (χ3v) is 4.38. The first-order valence-corrected chi connectivity index (χ1v) is 9.43. The van der Waals surface area contributed by atoms with Gasteiger partial charge < -0.3 is 19.7 Å². The molecule has 0 fully saturated rings. The molecule has 0 aliphatic rings. The highest BCUT2D eigenvalue weighted by atomic mass is 16.6. The van der Waals surface area contributed by atoms with E-state index in [9.17, 15) is 9.90 Å². The normalized spacial score (nSPS) is 13.9. The minimum absolute atomic E-state index is 0.313. The van der Waals surface area contributed by atoms with Gasteiger partial charge in [0.2, 0.25) is 0 Å². The molecule has 0 spiro atoms. The molecule has 28 heavy (non-hydrogen) atoms. The summed E-state index contributed by atoms with van der Waals surface area (Å²) in [7, 11) is 0. The molecule has 3 rings (SSSR count). The molecule has 0 radical (unpaired) electrons. The molecule has 0 aliphatic carbocycles. The summed E-state index contributed by atoms with van der Waals surface area (Å²) in [6, 6.07) is 17.0. The van der Waals surface area contributed by atoms with Crippen LogP contribution in [0, 0.1) is 0 Å². The number of ether oxygens (including phenoxy) is 1. The average molecular weight is 381 g/mol. The molecule has 1 aromatic heterocycles. The van der Waals surface area contributed by atoms with Crippen molar-refractivity contribution in [2.75, 3.05) is 0 Å². The topological polar surface area (TPSA) is 76.4 Å². The molecule has 0 unspecified atom stereocenters. The van der Waals surface area contributed by atoms with Crippen LogP contribution < -0.4 is 5.32 Å². The smallest absolute Gasteiger partial charge is 0.407 e. The summed E-state index contributed by atoms with van der Waals surface area (Å²) in [5, 5.41) is 13.8. The Balaban J connectivity index is 1.77. The van der Waals surface area contributed by atoms with Crippen LogP contribution >= 0.6 is 0 Å². The van der Waals surface area contributed by atoms with E-state index in [2.05, 4.69) is 10.3 Å². The number of benzene rings is 2. The number of rotatable bonds is 6. The fourth-order valence-corrected chi connectivity index (χ4v) is 3.09. The molecule has 0 aliphatic heterocycles. The fraction of sp³-hybridized carbons (Fsp3) is 0.364. The molecular weight excluding hydrogens is 354 g/mol. The van der Waals surface area contributed by atoms with Crippen molar-refractivity contribution in [3.8, 4) is 0 Å². The summed E-state index contributed by atoms with van der Waals surface area (Å²) >= 11 is 0. The number of imidazole rings is 1. The Labute approximate surface area is 165 Å². The highest BCUT2D eigenvalue weighted by Gasteiger charge is 2.25. The lowest BCUT2D eigenvalue weighted by Gasteiger charge is -2.27. The van der Waals surface area contributed by atoms with Gasteiger partial charge in [0.25, 0.3) is 0 Å². The van der Waals surface area contributed by atoms with Gasteiger partial charge in [0.15, 0.2) is 0 Å². The van der Waals surface area contributed by atoms with Crippen molar-refractivity contribution in [1.82, 2.24) is 14.9 Å². The average Bonchev–Trinajstić information content (AvgIpc) is 3.03. The second-order valence-corrected chi connectivity index (χ2v) is 7.90. The van der Waals surface area contributed by atoms with E-state index in [0.717, 1.165) is 16.6 Å². The maximum absolute atomic E-state index is 12.3. The maximum Gasteiger partial charge on any atom is 0.407 e. The molecule has 0 bridgehead atoms. The number of alkyl carbamates (subject to hydrolysis) is 1. The number of nitrogens with zero attached hydrogens (tertiary/aromatic N) is 2. The van der Waals surface area contributed by atoms with Gasteiger partial charge in [-0.15, -0.1) is 0 Å². The Morgan fingerprint density at radius 3 is 2.54 bits per heavy atom. The Bertz CT molecular complexity index is 915. The number of nitrogens with one attached hydrogen (secondary N) is 1.